The molecule has 13 heteroatoms. The van der Waals surface area contributed by atoms with E-state index in [1.54, 1.807) is 37.3 Å². The summed E-state index contributed by atoms with van der Waals surface area (Å²) in [5.41, 5.74) is 1.73. The molecule has 0 aliphatic heterocycles. The fourth-order valence-corrected chi connectivity index (χ4v) is 4.30. The summed E-state index contributed by atoms with van der Waals surface area (Å²) in [5.74, 6) is -0.889. The number of primary sulfonamides is 1. The number of benzene rings is 1. The van der Waals surface area contributed by atoms with Crippen LogP contribution in [0.1, 0.15) is 12.0 Å². The van der Waals surface area contributed by atoms with E-state index in [1.807, 2.05) is 0 Å². The van der Waals surface area contributed by atoms with Crippen molar-refractivity contribution in [1.29, 1.82) is 0 Å². The molecular weight excluding hydrogens is 459 g/mol. The molecule has 0 saturated carbocycles. The third kappa shape index (κ3) is 5.97. The SMILES string of the molecule is CNS(=O)(=O)C=C1C=C(Nc2nc(Nc3ccc(C)c(S(N)(=O)=O)c3)ncc2F)C=CC1. The number of halogens is 1. The zero-order chi connectivity index (χ0) is 23.5. The molecule has 1 aromatic heterocycles. The molecule has 0 fully saturated rings. The van der Waals surface area contributed by atoms with Crippen LogP contribution in [0.15, 0.2) is 64.2 Å². The van der Waals surface area contributed by atoms with Crippen molar-refractivity contribution < 1.29 is 21.2 Å². The fourth-order valence-electron chi connectivity index (χ4n) is 2.81. The smallest absolute Gasteiger partial charge is 0.238 e. The van der Waals surface area contributed by atoms with E-state index in [2.05, 4.69) is 25.3 Å². The van der Waals surface area contributed by atoms with E-state index in [4.69, 9.17) is 5.14 Å². The summed E-state index contributed by atoms with van der Waals surface area (Å²) in [7, 11) is -6.18. The molecule has 0 saturated heterocycles. The fraction of sp³-hybridized carbons (Fsp3) is 0.158. The largest absolute Gasteiger partial charge is 0.338 e. The molecular formula is C19H21FN6O4S2. The summed E-state index contributed by atoms with van der Waals surface area (Å²) in [5, 5.41) is 11.9. The number of rotatable bonds is 7. The molecule has 5 N–H and O–H groups in total. The van der Waals surface area contributed by atoms with Gasteiger partial charge in [0, 0.05) is 16.8 Å². The first-order valence-corrected chi connectivity index (χ1v) is 12.3. The molecule has 3 rings (SSSR count). The van der Waals surface area contributed by atoms with Gasteiger partial charge in [0.2, 0.25) is 26.0 Å². The van der Waals surface area contributed by atoms with Crippen molar-refractivity contribution in [2.45, 2.75) is 18.2 Å². The second kappa shape index (κ2) is 9.16. The Kier molecular flexibility index (Phi) is 6.74. The molecule has 1 aromatic carbocycles. The minimum absolute atomic E-state index is 0.00652. The molecule has 0 atom stereocenters. The Balaban J connectivity index is 1.86. The van der Waals surface area contributed by atoms with Crippen LogP contribution in [0.3, 0.4) is 0 Å². The van der Waals surface area contributed by atoms with Gasteiger partial charge in [-0.05, 0) is 55.8 Å². The summed E-state index contributed by atoms with van der Waals surface area (Å²) in [6.07, 6.45) is 6.28. The van der Waals surface area contributed by atoms with Gasteiger partial charge in [0.1, 0.15) is 0 Å². The van der Waals surface area contributed by atoms with E-state index < -0.39 is 25.9 Å². The Morgan fingerprint density at radius 1 is 1.19 bits per heavy atom. The van der Waals surface area contributed by atoms with E-state index >= 15 is 0 Å². The van der Waals surface area contributed by atoms with Crippen LogP contribution < -0.4 is 20.5 Å². The topological polar surface area (TPSA) is 156 Å². The van der Waals surface area contributed by atoms with Crippen molar-refractivity contribution in [3.63, 3.8) is 0 Å². The molecule has 0 amide bonds. The first-order chi connectivity index (χ1) is 15.0. The van der Waals surface area contributed by atoms with Gasteiger partial charge in [-0.1, -0.05) is 12.1 Å². The minimum atomic E-state index is -3.92. The van der Waals surface area contributed by atoms with Crippen molar-refractivity contribution in [3.05, 3.63) is 70.7 Å². The van der Waals surface area contributed by atoms with Gasteiger partial charge in [-0.25, -0.2) is 36.1 Å². The maximum atomic E-state index is 14.3. The molecule has 0 spiro atoms. The van der Waals surface area contributed by atoms with E-state index in [9.17, 15) is 21.2 Å². The van der Waals surface area contributed by atoms with Crippen LogP contribution in [0.4, 0.5) is 21.8 Å². The lowest BCUT2D eigenvalue weighted by Gasteiger charge is -2.14. The van der Waals surface area contributed by atoms with Gasteiger partial charge < -0.3 is 10.6 Å². The van der Waals surface area contributed by atoms with E-state index in [1.165, 1.54) is 13.1 Å². The summed E-state index contributed by atoms with van der Waals surface area (Å²) in [6.45, 7) is 1.61. The van der Waals surface area contributed by atoms with Crippen LogP contribution in [0.5, 0.6) is 0 Å². The van der Waals surface area contributed by atoms with Gasteiger partial charge in [0.25, 0.3) is 0 Å². The van der Waals surface area contributed by atoms with Crippen LogP contribution in [-0.2, 0) is 20.0 Å². The molecule has 1 aliphatic rings. The van der Waals surface area contributed by atoms with Crippen LogP contribution in [0.2, 0.25) is 0 Å². The van der Waals surface area contributed by atoms with Crippen molar-refractivity contribution in [2.24, 2.45) is 5.14 Å². The van der Waals surface area contributed by atoms with Crippen molar-refractivity contribution in [3.8, 4) is 0 Å². The Morgan fingerprint density at radius 3 is 2.62 bits per heavy atom. The van der Waals surface area contributed by atoms with Crippen LogP contribution in [0.25, 0.3) is 0 Å². The lowest BCUT2D eigenvalue weighted by Crippen LogP contribution is -2.16. The summed E-state index contributed by atoms with van der Waals surface area (Å²) < 4.78 is 63.3. The maximum Gasteiger partial charge on any atom is 0.238 e. The molecule has 0 bridgehead atoms. The average Bonchev–Trinajstić information content (AvgIpc) is 2.71. The predicted octanol–water partition coefficient (Wildman–Crippen LogP) is 2.00. The Bertz CT molecular complexity index is 1350. The van der Waals surface area contributed by atoms with Crippen molar-refractivity contribution in [1.82, 2.24) is 14.7 Å². The third-order valence-corrected chi connectivity index (χ3v) is 6.58. The van der Waals surface area contributed by atoms with Crippen molar-refractivity contribution in [2.75, 3.05) is 17.7 Å². The van der Waals surface area contributed by atoms with Gasteiger partial charge in [-0.15, -0.1) is 0 Å². The van der Waals surface area contributed by atoms with Gasteiger partial charge in [-0.3, -0.25) is 0 Å². The van der Waals surface area contributed by atoms with E-state index in [0.29, 0.717) is 28.9 Å². The van der Waals surface area contributed by atoms with E-state index in [0.717, 1.165) is 11.6 Å². The number of aryl methyl sites for hydroxylation is 1. The zero-order valence-electron chi connectivity index (χ0n) is 17.1. The molecule has 1 aliphatic carbocycles. The van der Waals surface area contributed by atoms with Gasteiger partial charge in [0.05, 0.1) is 11.1 Å². The lowest BCUT2D eigenvalue weighted by molar-refractivity contribution is 0.595. The highest BCUT2D eigenvalue weighted by atomic mass is 32.2. The zero-order valence-corrected chi connectivity index (χ0v) is 18.8. The molecule has 0 unspecified atom stereocenters. The van der Waals surface area contributed by atoms with Crippen LogP contribution in [0, 0.1) is 12.7 Å². The quantitative estimate of drug-likeness (QED) is 0.469. The summed E-state index contributed by atoms with van der Waals surface area (Å²) in [6, 6.07) is 4.50. The number of nitrogens with zero attached hydrogens (tertiary/aromatic N) is 2. The van der Waals surface area contributed by atoms with Crippen LogP contribution >= 0.6 is 0 Å². The first-order valence-electron chi connectivity index (χ1n) is 9.19. The second-order valence-electron chi connectivity index (χ2n) is 6.81. The van der Waals surface area contributed by atoms with E-state index in [-0.39, 0.29) is 16.7 Å². The highest BCUT2D eigenvalue weighted by Gasteiger charge is 2.14. The van der Waals surface area contributed by atoms with Gasteiger partial charge in [0.15, 0.2) is 11.6 Å². The summed E-state index contributed by atoms with van der Waals surface area (Å²) >= 11 is 0. The molecule has 0 radical (unpaired) electrons. The number of aromatic nitrogens is 2. The molecule has 170 valence electrons. The average molecular weight is 481 g/mol. The second-order valence-corrected chi connectivity index (χ2v) is 10.1. The number of hydrogen-bond donors (Lipinski definition) is 4. The summed E-state index contributed by atoms with van der Waals surface area (Å²) in [4.78, 5) is 7.88. The number of anilines is 3. The minimum Gasteiger partial charge on any atom is -0.338 e. The molecule has 10 nitrogen and oxygen atoms in total. The standard InChI is InChI=1S/C19H21FN6O4S2/c1-12-6-7-15(9-17(12)32(21,29)30)25-19-23-10-16(20)18(26-19)24-14-5-3-4-13(8-14)11-31(27,28)22-2/h3,5-11,22H,4H2,1-2H3,(H2,21,29,30)(H2,23,24,25,26). The highest BCUT2D eigenvalue weighted by molar-refractivity contribution is 7.92. The third-order valence-electron chi connectivity index (χ3n) is 4.34. The molecule has 2 aromatic rings. The lowest BCUT2D eigenvalue weighted by atomic mass is 10.1. The van der Waals surface area contributed by atoms with Gasteiger partial charge in [-0.2, -0.15) is 4.98 Å². The monoisotopic (exact) mass is 480 g/mol. The van der Waals surface area contributed by atoms with Crippen LogP contribution in [-0.4, -0.2) is 33.9 Å². The number of hydrogen-bond acceptors (Lipinski definition) is 8. The highest BCUT2D eigenvalue weighted by Crippen LogP contribution is 2.24. The number of nitrogens with two attached hydrogens (primary N) is 1. The molecule has 32 heavy (non-hydrogen) atoms. The molecule has 1 heterocycles. The number of allylic oxidation sites excluding steroid dienone is 4. The predicted molar refractivity (Wildman–Crippen MR) is 119 cm³/mol. The van der Waals surface area contributed by atoms with Crippen molar-refractivity contribution >= 4 is 37.5 Å². The van der Waals surface area contributed by atoms with Gasteiger partial charge >= 0.3 is 0 Å². The maximum absolute atomic E-state index is 14.3. The normalized spacial score (nSPS) is 15.5. The number of sulfonamides is 2. The Hall–Kier alpha value is -3.13. The Labute approximate surface area is 185 Å². The number of nitrogens with one attached hydrogen (secondary N) is 3. The first kappa shape index (κ1) is 23.5. The Morgan fingerprint density at radius 2 is 1.94 bits per heavy atom.